The first-order valence-electron chi connectivity index (χ1n) is 8.78. The van der Waals surface area contributed by atoms with E-state index in [-0.39, 0.29) is 18.2 Å². The van der Waals surface area contributed by atoms with Crippen LogP contribution in [0.1, 0.15) is 33.9 Å². The van der Waals surface area contributed by atoms with Gasteiger partial charge in [-0.05, 0) is 24.1 Å². The molecule has 1 atom stereocenters. The van der Waals surface area contributed by atoms with Gasteiger partial charge in [0.1, 0.15) is 0 Å². The van der Waals surface area contributed by atoms with E-state index in [1.54, 1.807) is 6.20 Å². The molecule has 0 fully saturated rings. The van der Waals surface area contributed by atoms with Gasteiger partial charge in [0.05, 0.1) is 5.92 Å². The van der Waals surface area contributed by atoms with Crippen LogP contribution in [0.15, 0.2) is 54.7 Å². The molecule has 6 heteroatoms. The van der Waals surface area contributed by atoms with Gasteiger partial charge < -0.3 is 10.6 Å². The lowest BCUT2D eigenvalue weighted by atomic mass is 9.90. The van der Waals surface area contributed by atoms with Crippen molar-refractivity contribution in [2.75, 3.05) is 10.6 Å². The van der Waals surface area contributed by atoms with Gasteiger partial charge in [-0.25, -0.2) is 4.98 Å². The van der Waals surface area contributed by atoms with Crippen LogP contribution in [0.3, 0.4) is 0 Å². The summed E-state index contributed by atoms with van der Waals surface area (Å²) in [6, 6.07) is 15.8. The molecule has 4 rings (SSSR count). The van der Waals surface area contributed by atoms with Crippen molar-refractivity contribution in [3.63, 3.8) is 0 Å². The monoisotopic (exact) mass is 377 g/mol. The highest BCUT2D eigenvalue weighted by Gasteiger charge is 2.30. The summed E-state index contributed by atoms with van der Waals surface area (Å²) in [5.74, 6) is -0.846. The Balaban J connectivity index is 1.47. The van der Waals surface area contributed by atoms with Crippen molar-refractivity contribution < 1.29 is 9.59 Å². The summed E-state index contributed by atoms with van der Waals surface area (Å²) in [4.78, 5) is 30.1. The van der Waals surface area contributed by atoms with Gasteiger partial charge in [-0.1, -0.05) is 48.0 Å². The fourth-order valence-electron chi connectivity index (χ4n) is 3.19. The van der Waals surface area contributed by atoms with Crippen LogP contribution in [0, 0.1) is 6.92 Å². The molecule has 1 aromatic heterocycles. The molecule has 2 aromatic carbocycles. The average Bonchev–Trinajstić information content (AvgIpc) is 3.09. The highest BCUT2D eigenvalue weighted by atomic mass is 32.1. The number of amides is 2. The third-order valence-electron chi connectivity index (χ3n) is 4.60. The third kappa shape index (κ3) is 3.90. The number of nitrogens with zero attached hydrogens (tertiary/aromatic N) is 1. The predicted octanol–water partition coefficient (Wildman–Crippen LogP) is 4.11. The number of fused-ring (bicyclic) bond motifs is 1. The van der Waals surface area contributed by atoms with E-state index in [9.17, 15) is 9.59 Å². The van der Waals surface area contributed by atoms with E-state index < -0.39 is 5.92 Å². The highest BCUT2D eigenvalue weighted by Crippen LogP contribution is 2.33. The smallest absolute Gasteiger partial charge is 0.234 e. The van der Waals surface area contributed by atoms with Crippen LogP contribution in [0.4, 0.5) is 10.8 Å². The Morgan fingerprint density at radius 2 is 2.00 bits per heavy atom. The van der Waals surface area contributed by atoms with Crippen molar-refractivity contribution >= 4 is 34.0 Å². The van der Waals surface area contributed by atoms with Crippen LogP contribution in [0.2, 0.25) is 0 Å². The molecule has 136 valence electrons. The lowest BCUT2D eigenvalue weighted by molar-refractivity contribution is -0.123. The molecule has 0 bridgehead atoms. The highest BCUT2D eigenvalue weighted by molar-refractivity contribution is 7.15. The molecule has 2 N–H and O–H groups in total. The van der Waals surface area contributed by atoms with Gasteiger partial charge in [0.2, 0.25) is 11.8 Å². The standard InChI is InChI=1S/C21H19N3O2S/c1-13-6-8-14(9-7-13)10-15-12-22-21(27-15)24-20(26)17-11-19(25)23-18-5-3-2-4-16(17)18/h2-9,12,17H,10-11H2,1H3,(H,23,25)(H,22,24,26)/t17-/m1/s1. The number of rotatable bonds is 4. The Labute approximate surface area is 161 Å². The van der Waals surface area contributed by atoms with E-state index in [2.05, 4.69) is 46.8 Å². The molecular formula is C21H19N3O2S. The first-order valence-corrected chi connectivity index (χ1v) is 9.60. The number of hydrogen-bond acceptors (Lipinski definition) is 4. The Kier molecular flexibility index (Phi) is 4.73. The van der Waals surface area contributed by atoms with Crippen LogP contribution in [-0.4, -0.2) is 16.8 Å². The average molecular weight is 377 g/mol. The number of carbonyl (C=O) groups excluding carboxylic acids is 2. The lowest BCUT2D eigenvalue weighted by Gasteiger charge is -2.24. The van der Waals surface area contributed by atoms with Gasteiger partial charge in [0.25, 0.3) is 0 Å². The molecule has 0 unspecified atom stereocenters. The first kappa shape index (κ1) is 17.4. The summed E-state index contributed by atoms with van der Waals surface area (Å²) in [7, 11) is 0. The van der Waals surface area contributed by atoms with E-state index in [4.69, 9.17) is 0 Å². The first-order chi connectivity index (χ1) is 13.1. The summed E-state index contributed by atoms with van der Waals surface area (Å²) in [6.45, 7) is 2.06. The van der Waals surface area contributed by atoms with E-state index >= 15 is 0 Å². The van der Waals surface area contributed by atoms with Crippen LogP contribution < -0.4 is 10.6 Å². The molecular weight excluding hydrogens is 358 g/mol. The number of aryl methyl sites for hydroxylation is 1. The van der Waals surface area contributed by atoms with Crippen LogP contribution in [0.5, 0.6) is 0 Å². The fourth-order valence-corrected chi connectivity index (χ4v) is 4.04. The number of para-hydroxylation sites is 1. The summed E-state index contributed by atoms with van der Waals surface area (Å²) >= 11 is 1.46. The Bertz CT molecular complexity index is 995. The molecule has 0 spiro atoms. The predicted molar refractivity (Wildman–Crippen MR) is 107 cm³/mol. The molecule has 0 aliphatic carbocycles. The summed E-state index contributed by atoms with van der Waals surface area (Å²) in [6.07, 6.45) is 2.72. The number of aromatic nitrogens is 1. The number of hydrogen-bond donors (Lipinski definition) is 2. The Morgan fingerprint density at radius 3 is 2.81 bits per heavy atom. The number of anilines is 2. The van der Waals surface area contributed by atoms with Crippen molar-refractivity contribution in [3.8, 4) is 0 Å². The normalized spacial score (nSPS) is 15.7. The van der Waals surface area contributed by atoms with Crippen molar-refractivity contribution in [2.24, 2.45) is 0 Å². The van der Waals surface area contributed by atoms with Crippen molar-refractivity contribution in [1.29, 1.82) is 0 Å². The molecule has 1 aliphatic heterocycles. The molecule has 2 amide bonds. The summed E-state index contributed by atoms with van der Waals surface area (Å²) in [5, 5.41) is 6.25. The minimum Gasteiger partial charge on any atom is -0.326 e. The number of carbonyl (C=O) groups is 2. The maximum Gasteiger partial charge on any atom is 0.234 e. The van der Waals surface area contributed by atoms with Crippen molar-refractivity contribution in [1.82, 2.24) is 4.98 Å². The summed E-state index contributed by atoms with van der Waals surface area (Å²) < 4.78 is 0. The molecule has 1 aliphatic rings. The molecule has 0 saturated heterocycles. The van der Waals surface area contributed by atoms with Crippen LogP contribution in [-0.2, 0) is 16.0 Å². The third-order valence-corrected chi connectivity index (χ3v) is 5.51. The fraction of sp³-hybridized carbons (Fsp3) is 0.190. The molecule has 27 heavy (non-hydrogen) atoms. The molecule has 5 nitrogen and oxygen atoms in total. The van der Waals surface area contributed by atoms with Gasteiger partial charge in [-0.2, -0.15) is 0 Å². The van der Waals surface area contributed by atoms with Gasteiger partial charge in [0, 0.05) is 29.6 Å². The Morgan fingerprint density at radius 1 is 1.22 bits per heavy atom. The quantitative estimate of drug-likeness (QED) is 0.719. The van der Waals surface area contributed by atoms with E-state index in [0.29, 0.717) is 10.8 Å². The van der Waals surface area contributed by atoms with E-state index in [1.807, 2.05) is 24.3 Å². The van der Waals surface area contributed by atoms with Crippen molar-refractivity contribution in [2.45, 2.75) is 25.7 Å². The summed E-state index contributed by atoms with van der Waals surface area (Å²) in [5.41, 5.74) is 3.98. The van der Waals surface area contributed by atoms with Crippen LogP contribution >= 0.6 is 11.3 Å². The van der Waals surface area contributed by atoms with Gasteiger partial charge in [-0.15, -0.1) is 11.3 Å². The van der Waals surface area contributed by atoms with Gasteiger partial charge >= 0.3 is 0 Å². The van der Waals surface area contributed by atoms with Gasteiger partial charge in [-0.3, -0.25) is 9.59 Å². The zero-order valence-electron chi connectivity index (χ0n) is 14.9. The zero-order chi connectivity index (χ0) is 18.8. The lowest BCUT2D eigenvalue weighted by Crippen LogP contribution is -2.30. The van der Waals surface area contributed by atoms with Crippen LogP contribution in [0.25, 0.3) is 0 Å². The van der Waals surface area contributed by atoms with Gasteiger partial charge in [0.15, 0.2) is 5.13 Å². The second-order valence-corrected chi connectivity index (χ2v) is 7.79. The molecule has 0 radical (unpaired) electrons. The second kappa shape index (κ2) is 7.32. The number of thiazole rings is 1. The largest absolute Gasteiger partial charge is 0.326 e. The Hall–Kier alpha value is -2.99. The molecule has 2 heterocycles. The van der Waals surface area contributed by atoms with E-state index in [0.717, 1.165) is 16.9 Å². The molecule has 3 aromatic rings. The SMILES string of the molecule is Cc1ccc(Cc2cnc(NC(=O)[C@@H]3CC(=O)Nc4ccccc43)s2)cc1. The van der Waals surface area contributed by atoms with E-state index in [1.165, 1.54) is 22.5 Å². The number of nitrogens with one attached hydrogen (secondary N) is 2. The minimum absolute atomic E-state index is 0.143. The zero-order valence-corrected chi connectivity index (χ0v) is 15.7. The number of benzene rings is 2. The molecule has 0 saturated carbocycles. The van der Waals surface area contributed by atoms with Crippen molar-refractivity contribution in [3.05, 3.63) is 76.3 Å². The minimum atomic E-state index is -0.501. The topological polar surface area (TPSA) is 71.1 Å². The second-order valence-electron chi connectivity index (χ2n) is 6.68. The maximum absolute atomic E-state index is 12.8. The maximum atomic E-state index is 12.8.